The second kappa shape index (κ2) is 9.01. The first kappa shape index (κ1) is 20.7. The molecule has 154 valence electrons. The number of aromatic nitrogens is 2. The third-order valence-corrected chi connectivity index (χ3v) is 4.45. The normalized spacial score (nSPS) is 17.6. The molecule has 9 heteroatoms. The Balaban J connectivity index is 1.55. The van der Waals surface area contributed by atoms with Crippen LogP contribution in [0.15, 0.2) is 41.7 Å². The standard InChI is InChI=1S/C20H22F3N5O/c1-24-19(28-10-11-29-18(14-28)16-12-26-27(2)13-16)25-9-3-4-15-5-7-17(8-6-15)20(21,22)23/h5-8,12-13,18H,9-11,14H2,1-2H3,(H,24,25). The summed E-state index contributed by atoms with van der Waals surface area (Å²) in [5.41, 5.74) is 0.851. The van der Waals surface area contributed by atoms with Crippen LogP contribution in [0.4, 0.5) is 13.2 Å². The Labute approximate surface area is 167 Å². The molecule has 6 nitrogen and oxygen atoms in total. The van der Waals surface area contributed by atoms with Crippen molar-refractivity contribution in [3.05, 3.63) is 53.3 Å². The number of ether oxygens (including phenoxy) is 1. The maximum absolute atomic E-state index is 12.6. The predicted molar refractivity (Wildman–Crippen MR) is 103 cm³/mol. The van der Waals surface area contributed by atoms with Crippen LogP contribution in [0.2, 0.25) is 0 Å². The van der Waals surface area contributed by atoms with E-state index in [2.05, 4.69) is 32.1 Å². The van der Waals surface area contributed by atoms with Crippen LogP contribution in [-0.2, 0) is 18.0 Å². The van der Waals surface area contributed by atoms with Crippen molar-refractivity contribution in [2.24, 2.45) is 12.0 Å². The lowest BCUT2D eigenvalue weighted by atomic mass is 10.1. The third kappa shape index (κ3) is 5.51. The molecule has 0 aliphatic carbocycles. The summed E-state index contributed by atoms with van der Waals surface area (Å²) < 4.78 is 45.3. The lowest BCUT2D eigenvalue weighted by molar-refractivity contribution is -0.137. The van der Waals surface area contributed by atoms with Crippen LogP contribution in [0.1, 0.15) is 22.8 Å². The molecule has 1 N–H and O–H groups in total. The van der Waals surface area contributed by atoms with Gasteiger partial charge in [-0.15, -0.1) is 0 Å². The van der Waals surface area contributed by atoms with Crippen LogP contribution in [0.3, 0.4) is 0 Å². The van der Waals surface area contributed by atoms with E-state index in [1.54, 1.807) is 17.9 Å². The number of aliphatic imine (C=N–C) groups is 1. The molecule has 1 atom stereocenters. The van der Waals surface area contributed by atoms with Crippen molar-refractivity contribution < 1.29 is 17.9 Å². The SMILES string of the molecule is CN=C(NCC#Cc1ccc(C(F)(F)F)cc1)N1CCOC(c2cnn(C)c2)C1. The average molecular weight is 405 g/mol. The van der Waals surface area contributed by atoms with Gasteiger partial charge in [-0.25, -0.2) is 0 Å². The topological polar surface area (TPSA) is 54.7 Å². The minimum atomic E-state index is -4.34. The van der Waals surface area contributed by atoms with Gasteiger partial charge >= 0.3 is 6.18 Å². The fourth-order valence-electron chi connectivity index (χ4n) is 2.99. The molecule has 0 bridgehead atoms. The number of hydrogen-bond acceptors (Lipinski definition) is 3. The molecule has 1 aromatic heterocycles. The van der Waals surface area contributed by atoms with Crippen molar-refractivity contribution >= 4 is 5.96 Å². The predicted octanol–water partition coefficient (Wildman–Crippen LogP) is 2.44. The van der Waals surface area contributed by atoms with E-state index in [9.17, 15) is 13.2 Å². The number of aryl methyl sites for hydroxylation is 1. The van der Waals surface area contributed by atoms with E-state index in [0.717, 1.165) is 17.7 Å². The first-order chi connectivity index (χ1) is 13.9. The average Bonchev–Trinajstić information content (AvgIpc) is 3.14. The van der Waals surface area contributed by atoms with Gasteiger partial charge in [0, 0.05) is 38.0 Å². The zero-order valence-corrected chi connectivity index (χ0v) is 16.2. The number of alkyl halides is 3. The summed E-state index contributed by atoms with van der Waals surface area (Å²) in [6, 6.07) is 4.79. The fourth-order valence-corrected chi connectivity index (χ4v) is 2.99. The van der Waals surface area contributed by atoms with E-state index in [4.69, 9.17) is 4.74 Å². The van der Waals surface area contributed by atoms with Gasteiger partial charge < -0.3 is 15.0 Å². The molecule has 1 fully saturated rings. The Morgan fingerprint density at radius 1 is 1.34 bits per heavy atom. The van der Waals surface area contributed by atoms with E-state index in [1.165, 1.54) is 12.1 Å². The monoisotopic (exact) mass is 405 g/mol. The summed E-state index contributed by atoms with van der Waals surface area (Å²) in [4.78, 5) is 6.37. The second-order valence-corrected chi connectivity index (χ2v) is 6.53. The number of nitrogens with one attached hydrogen (secondary N) is 1. The Bertz CT molecular complexity index is 909. The zero-order valence-electron chi connectivity index (χ0n) is 16.2. The van der Waals surface area contributed by atoms with E-state index >= 15 is 0 Å². The molecule has 1 unspecified atom stereocenters. The maximum atomic E-state index is 12.6. The number of rotatable bonds is 2. The smallest absolute Gasteiger partial charge is 0.370 e. The first-order valence-electron chi connectivity index (χ1n) is 9.08. The van der Waals surface area contributed by atoms with E-state index in [-0.39, 0.29) is 6.10 Å². The highest BCUT2D eigenvalue weighted by Crippen LogP contribution is 2.29. The summed E-state index contributed by atoms with van der Waals surface area (Å²) >= 11 is 0. The first-order valence-corrected chi connectivity index (χ1v) is 9.08. The third-order valence-electron chi connectivity index (χ3n) is 4.45. The number of halogens is 3. The van der Waals surface area contributed by atoms with Gasteiger partial charge in [-0.3, -0.25) is 9.67 Å². The van der Waals surface area contributed by atoms with Crippen LogP contribution in [0.25, 0.3) is 0 Å². The van der Waals surface area contributed by atoms with Crippen molar-refractivity contribution in [2.75, 3.05) is 33.3 Å². The van der Waals surface area contributed by atoms with Gasteiger partial charge in [0.25, 0.3) is 0 Å². The molecule has 0 spiro atoms. The Hall–Kier alpha value is -2.99. The molecule has 1 saturated heterocycles. The van der Waals surface area contributed by atoms with Crippen molar-refractivity contribution in [2.45, 2.75) is 12.3 Å². The van der Waals surface area contributed by atoms with Crippen molar-refractivity contribution in [1.29, 1.82) is 0 Å². The van der Waals surface area contributed by atoms with Crippen molar-refractivity contribution in [3.63, 3.8) is 0 Å². The van der Waals surface area contributed by atoms with Crippen molar-refractivity contribution in [3.8, 4) is 11.8 Å². The summed E-state index contributed by atoms with van der Waals surface area (Å²) in [7, 11) is 3.56. The molecule has 0 saturated carbocycles. The van der Waals surface area contributed by atoms with Gasteiger partial charge in [0.15, 0.2) is 5.96 Å². The summed E-state index contributed by atoms with van der Waals surface area (Å²) in [5.74, 6) is 6.47. The number of morpholine rings is 1. The van der Waals surface area contributed by atoms with Gasteiger partial charge in [0.2, 0.25) is 0 Å². The lowest BCUT2D eigenvalue weighted by Gasteiger charge is -2.34. The summed E-state index contributed by atoms with van der Waals surface area (Å²) in [5, 5.41) is 7.35. The molecule has 29 heavy (non-hydrogen) atoms. The zero-order chi connectivity index (χ0) is 20.9. The van der Waals surface area contributed by atoms with Gasteiger partial charge in [-0.05, 0) is 24.3 Å². The number of hydrogen-bond donors (Lipinski definition) is 1. The second-order valence-electron chi connectivity index (χ2n) is 6.53. The van der Waals surface area contributed by atoms with Gasteiger partial charge in [-0.1, -0.05) is 11.8 Å². The van der Waals surface area contributed by atoms with Crippen LogP contribution in [-0.4, -0.2) is 53.9 Å². The maximum Gasteiger partial charge on any atom is 0.416 e. The number of nitrogens with zero attached hydrogens (tertiary/aromatic N) is 4. The van der Waals surface area contributed by atoms with Gasteiger partial charge in [0.05, 0.1) is 31.5 Å². The molecule has 0 amide bonds. The Kier molecular flexibility index (Phi) is 6.44. The molecule has 0 radical (unpaired) electrons. The van der Waals surface area contributed by atoms with Gasteiger partial charge in [0.1, 0.15) is 6.10 Å². The van der Waals surface area contributed by atoms with Crippen LogP contribution in [0, 0.1) is 11.8 Å². The minimum absolute atomic E-state index is 0.0887. The van der Waals surface area contributed by atoms with Gasteiger partial charge in [-0.2, -0.15) is 18.3 Å². The highest BCUT2D eigenvalue weighted by Gasteiger charge is 2.29. The summed E-state index contributed by atoms with van der Waals surface area (Å²) in [6.07, 6.45) is -0.708. The largest absolute Gasteiger partial charge is 0.416 e. The molecule has 2 aromatic rings. The van der Waals surface area contributed by atoms with E-state index in [0.29, 0.717) is 37.8 Å². The highest BCUT2D eigenvalue weighted by atomic mass is 19.4. The Morgan fingerprint density at radius 3 is 2.72 bits per heavy atom. The highest BCUT2D eigenvalue weighted by molar-refractivity contribution is 5.80. The quantitative estimate of drug-likeness (QED) is 0.474. The Morgan fingerprint density at radius 2 is 2.10 bits per heavy atom. The molecule has 1 aliphatic heterocycles. The number of guanidine groups is 1. The molecule has 1 aromatic carbocycles. The summed E-state index contributed by atoms with van der Waals surface area (Å²) in [6.45, 7) is 2.22. The molecule has 1 aliphatic rings. The van der Waals surface area contributed by atoms with Crippen LogP contribution in [0.5, 0.6) is 0 Å². The lowest BCUT2D eigenvalue weighted by Crippen LogP contribution is -2.48. The minimum Gasteiger partial charge on any atom is -0.370 e. The molecular formula is C20H22F3N5O. The fraction of sp³-hybridized carbons (Fsp3) is 0.400. The van der Waals surface area contributed by atoms with Crippen LogP contribution >= 0.6 is 0 Å². The molecular weight excluding hydrogens is 383 g/mol. The van der Waals surface area contributed by atoms with E-state index in [1.807, 2.05) is 13.2 Å². The van der Waals surface area contributed by atoms with E-state index < -0.39 is 11.7 Å². The van der Waals surface area contributed by atoms with Crippen molar-refractivity contribution in [1.82, 2.24) is 20.0 Å². The molecule has 3 rings (SSSR count). The van der Waals surface area contributed by atoms with Crippen LogP contribution < -0.4 is 5.32 Å². The number of benzene rings is 1. The molecule has 2 heterocycles.